The molecule has 1 atom stereocenters. The van der Waals surface area contributed by atoms with Crippen LogP contribution in [0.25, 0.3) is 0 Å². The van der Waals surface area contributed by atoms with E-state index in [2.05, 4.69) is 0 Å². The normalized spacial score (nSPS) is 12.2. The summed E-state index contributed by atoms with van der Waals surface area (Å²) in [5.41, 5.74) is 0. The Labute approximate surface area is 113 Å². The van der Waals surface area contributed by atoms with Gasteiger partial charge in [0, 0.05) is 12.5 Å². The largest absolute Gasteiger partial charge is 0.481 e. The molecule has 1 amide bonds. The highest BCUT2D eigenvalue weighted by Crippen LogP contribution is 2.16. The van der Waals surface area contributed by atoms with Gasteiger partial charge in [0.15, 0.2) is 0 Å². The number of aliphatic carboxylic acids is 2. The predicted molar refractivity (Wildman–Crippen MR) is 69.8 cm³/mol. The summed E-state index contributed by atoms with van der Waals surface area (Å²) in [5.74, 6) is -2.64. The van der Waals surface area contributed by atoms with Gasteiger partial charge in [-0.3, -0.25) is 9.59 Å². The third-order valence-corrected chi connectivity index (χ3v) is 3.23. The third kappa shape index (κ3) is 5.28. The van der Waals surface area contributed by atoms with Gasteiger partial charge >= 0.3 is 11.9 Å². The van der Waals surface area contributed by atoms with Crippen LogP contribution >= 0.6 is 0 Å². The molecule has 0 fully saturated rings. The zero-order chi connectivity index (χ0) is 15.0. The third-order valence-electron chi connectivity index (χ3n) is 3.23. The van der Waals surface area contributed by atoms with Crippen molar-refractivity contribution in [1.29, 1.82) is 0 Å². The Morgan fingerprint density at radius 2 is 1.53 bits per heavy atom. The van der Waals surface area contributed by atoms with E-state index >= 15 is 0 Å². The van der Waals surface area contributed by atoms with E-state index in [9.17, 15) is 14.4 Å². The van der Waals surface area contributed by atoms with Crippen molar-refractivity contribution < 1.29 is 24.6 Å². The smallest absolute Gasteiger partial charge is 0.326 e. The predicted octanol–water partition coefficient (Wildman–Crippen LogP) is 1.59. The van der Waals surface area contributed by atoms with Gasteiger partial charge in [-0.05, 0) is 19.3 Å². The van der Waals surface area contributed by atoms with Crippen LogP contribution in [0.15, 0.2) is 0 Å². The van der Waals surface area contributed by atoms with Crippen molar-refractivity contribution in [3.63, 3.8) is 0 Å². The van der Waals surface area contributed by atoms with Crippen LogP contribution < -0.4 is 0 Å². The molecule has 0 aliphatic rings. The second-order valence-corrected chi connectivity index (χ2v) is 4.45. The van der Waals surface area contributed by atoms with E-state index in [0.717, 1.165) is 0 Å². The molecule has 0 bridgehead atoms. The average molecular weight is 273 g/mol. The molecule has 0 aliphatic heterocycles. The summed E-state index contributed by atoms with van der Waals surface area (Å²) in [6, 6.07) is -0.951. The maximum absolute atomic E-state index is 12.3. The highest BCUT2D eigenvalue weighted by molar-refractivity contribution is 5.85. The fraction of sp³-hybridized carbons (Fsp3) is 0.769. The van der Waals surface area contributed by atoms with E-state index in [0.29, 0.717) is 12.8 Å². The molecule has 0 aromatic heterocycles. The molecule has 0 radical (unpaired) electrons. The lowest BCUT2D eigenvalue weighted by atomic mass is 10.00. The quantitative estimate of drug-likeness (QED) is 0.665. The van der Waals surface area contributed by atoms with Crippen LogP contribution in [0.4, 0.5) is 0 Å². The molecule has 0 heterocycles. The highest BCUT2D eigenvalue weighted by atomic mass is 16.4. The summed E-state index contributed by atoms with van der Waals surface area (Å²) in [5, 5.41) is 17.8. The Balaban J connectivity index is 5.07. The monoisotopic (exact) mass is 273 g/mol. The topological polar surface area (TPSA) is 94.9 Å². The van der Waals surface area contributed by atoms with Crippen molar-refractivity contribution in [3.05, 3.63) is 0 Å². The van der Waals surface area contributed by atoms with Crippen LogP contribution in [-0.2, 0) is 14.4 Å². The number of nitrogens with zero attached hydrogens (tertiary/aromatic N) is 1. The summed E-state index contributed by atoms with van der Waals surface area (Å²) < 4.78 is 0. The molecule has 2 N–H and O–H groups in total. The molecular formula is C13H23NO5. The Kier molecular flexibility index (Phi) is 7.79. The van der Waals surface area contributed by atoms with Gasteiger partial charge in [0.2, 0.25) is 5.91 Å². The first-order valence-electron chi connectivity index (χ1n) is 6.63. The van der Waals surface area contributed by atoms with E-state index in [1.807, 2.05) is 13.8 Å². The molecule has 0 aliphatic carbocycles. The minimum absolute atomic E-state index is 0.0600. The minimum Gasteiger partial charge on any atom is -0.481 e. The van der Waals surface area contributed by atoms with Crippen molar-refractivity contribution in [1.82, 2.24) is 4.90 Å². The molecule has 0 aromatic carbocycles. The summed E-state index contributed by atoms with van der Waals surface area (Å²) in [6.45, 7) is 5.34. The summed E-state index contributed by atoms with van der Waals surface area (Å²) in [4.78, 5) is 35.3. The van der Waals surface area contributed by atoms with Crippen LogP contribution in [-0.4, -0.2) is 45.5 Å². The second-order valence-electron chi connectivity index (χ2n) is 4.45. The van der Waals surface area contributed by atoms with Gasteiger partial charge in [-0.15, -0.1) is 0 Å². The van der Waals surface area contributed by atoms with Crippen molar-refractivity contribution in [2.45, 2.75) is 52.5 Å². The average Bonchev–Trinajstić information content (AvgIpc) is 2.34. The number of hydrogen-bond donors (Lipinski definition) is 2. The van der Waals surface area contributed by atoms with Gasteiger partial charge in [0.05, 0.1) is 6.42 Å². The Hall–Kier alpha value is -1.59. The highest BCUT2D eigenvalue weighted by Gasteiger charge is 2.31. The molecule has 0 spiro atoms. The van der Waals surface area contributed by atoms with Crippen LogP contribution in [0.1, 0.15) is 46.5 Å². The Morgan fingerprint density at radius 3 is 1.84 bits per heavy atom. The van der Waals surface area contributed by atoms with Crippen molar-refractivity contribution >= 4 is 17.8 Å². The van der Waals surface area contributed by atoms with E-state index in [-0.39, 0.29) is 31.2 Å². The molecule has 0 saturated carbocycles. The number of carbonyl (C=O) groups excluding carboxylic acids is 1. The first kappa shape index (κ1) is 17.4. The van der Waals surface area contributed by atoms with Gasteiger partial charge in [0.1, 0.15) is 6.04 Å². The lowest BCUT2D eigenvalue weighted by molar-refractivity contribution is -0.153. The molecule has 6 nitrogen and oxygen atoms in total. The first-order chi connectivity index (χ1) is 8.88. The van der Waals surface area contributed by atoms with Gasteiger partial charge in [-0.1, -0.05) is 20.8 Å². The molecule has 110 valence electrons. The van der Waals surface area contributed by atoms with E-state index in [4.69, 9.17) is 10.2 Å². The van der Waals surface area contributed by atoms with Crippen LogP contribution in [0, 0.1) is 5.92 Å². The number of rotatable bonds is 9. The molecule has 1 unspecified atom stereocenters. The summed E-state index contributed by atoms with van der Waals surface area (Å²) >= 11 is 0. The minimum atomic E-state index is -1.09. The fourth-order valence-electron chi connectivity index (χ4n) is 2.04. The maximum Gasteiger partial charge on any atom is 0.326 e. The number of amides is 1. The van der Waals surface area contributed by atoms with Crippen LogP contribution in [0.2, 0.25) is 0 Å². The van der Waals surface area contributed by atoms with Gasteiger partial charge in [-0.2, -0.15) is 0 Å². The Bertz CT molecular complexity index is 325. The first-order valence-corrected chi connectivity index (χ1v) is 6.63. The van der Waals surface area contributed by atoms with Crippen LogP contribution in [0.3, 0.4) is 0 Å². The Morgan fingerprint density at radius 1 is 1.00 bits per heavy atom. The zero-order valence-corrected chi connectivity index (χ0v) is 11.8. The van der Waals surface area contributed by atoms with Gasteiger partial charge in [-0.25, -0.2) is 4.79 Å². The van der Waals surface area contributed by atoms with E-state index in [1.165, 1.54) is 4.90 Å². The number of carbonyl (C=O) groups is 3. The summed E-state index contributed by atoms with van der Waals surface area (Å²) in [6.07, 6.45) is 1.26. The zero-order valence-electron chi connectivity index (χ0n) is 11.8. The van der Waals surface area contributed by atoms with E-state index in [1.54, 1.807) is 6.92 Å². The van der Waals surface area contributed by atoms with Crippen LogP contribution in [0.5, 0.6) is 0 Å². The molecule has 0 aromatic rings. The molecule has 6 heteroatoms. The SMILES string of the molecule is CCC(CC)C(=O)N(CCC(=O)O)C(CC)C(=O)O. The lowest BCUT2D eigenvalue weighted by Gasteiger charge is -2.30. The molecule has 0 rings (SSSR count). The number of hydrogen-bond acceptors (Lipinski definition) is 3. The van der Waals surface area contributed by atoms with Gasteiger partial charge in [0.25, 0.3) is 0 Å². The van der Waals surface area contributed by atoms with E-state index < -0.39 is 18.0 Å². The lowest BCUT2D eigenvalue weighted by Crippen LogP contribution is -2.48. The summed E-state index contributed by atoms with van der Waals surface area (Å²) in [7, 11) is 0. The van der Waals surface area contributed by atoms with Crippen molar-refractivity contribution in [2.24, 2.45) is 5.92 Å². The number of carboxylic acid groups (broad SMARTS) is 2. The van der Waals surface area contributed by atoms with Gasteiger partial charge < -0.3 is 15.1 Å². The standard InChI is InChI=1S/C13H23NO5/c1-4-9(5-2)12(17)14(8-7-11(15)16)10(6-3)13(18)19/h9-10H,4-8H2,1-3H3,(H,15,16)(H,18,19). The molecule has 0 saturated heterocycles. The fourth-order valence-corrected chi connectivity index (χ4v) is 2.04. The number of carboxylic acids is 2. The molecular weight excluding hydrogens is 250 g/mol. The van der Waals surface area contributed by atoms with Crippen molar-refractivity contribution in [2.75, 3.05) is 6.54 Å². The second kappa shape index (κ2) is 8.50. The van der Waals surface area contributed by atoms with Crippen molar-refractivity contribution in [3.8, 4) is 0 Å². The molecule has 19 heavy (non-hydrogen) atoms. The maximum atomic E-state index is 12.3.